The van der Waals surface area contributed by atoms with Crippen molar-refractivity contribution in [3.05, 3.63) is 18.0 Å². The number of rotatable bonds is 3. The number of aromatic amines is 1. The van der Waals surface area contributed by atoms with Crippen molar-refractivity contribution < 1.29 is 4.74 Å². The van der Waals surface area contributed by atoms with Crippen LogP contribution in [0.5, 0.6) is 0 Å². The Morgan fingerprint density at radius 2 is 2.22 bits per heavy atom. The highest BCUT2D eigenvalue weighted by Crippen LogP contribution is 2.27. The van der Waals surface area contributed by atoms with Crippen LogP contribution in [0, 0.1) is 5.92 Å². The van der Waals surface area contributed by atoms with Crippen molar-refractivity contribution in [3.63, 3.8) is 0 Å². The van der Waals surface area contributed by atoms with Gasteiger partial charge in [0.1, 0.15) is 0 Å². The summed E-state index contributed by atoms with van der Waals surface area (Å²) in [7, 11) is 0. The Kier molecular flexibility index (Phi) is 3.96. The summed E-state index contributed by atoms with van der Waals surface area (Å²) in [5.41, 5.74) is 1.32. The van der Waals surface area contributed by atoms with Crippen molar-refractivity contribution in [2.75, 3.05) is 32.8 Å². The number of nitrogens with zero attached hydrogens (tertiary/aromatic N) is 2. The molecule has 0 bridgehead atoms. The summed E-state index contributed by atoms with van der Waals surface area (Å²) in [6.07, 6.45) is 6.97. The predicted molar refractivity (Wildman–Crippen MR) is 70.5 cm³/mol. The van der Waals surface area contributed by atoms with Crippen molar-refractivity contribution in [1.82, 2.24) is 15.1 Å². The van der Waals surface area contributed by atoms with E-state index in [1.165, 1.54) is 51.0 Å². The van der Waals surface area contributed by atoms with Gasteiger partial charge >= 0.3 is 0 Å². The molecule has 0 aliphatic carbocycles. The number of likely N-dealkylation sites (tertiary alicyclic amines) is 1. The summed E-state index contributed by atoms with van der Waals surface area (Å²) in [4.78, 5) is 2.62. The quantitative estimate of drug-likeness (QED) is 0.891. The second-order valence-electron chi connectivity index (χ2n) is 5.67. The first kappa shape index (κ1) is 12.2. The van der Waals surface area contributed by atoms with E-state index in [9.17, 15) is 0 Å². The van der Waals surface area contributed by atoms with Gasteiger partial charge in [-0.05, 0) is 50.8 Å². The lowest BCUT2D eigenvalue weighted by atomic mass is 9.92. The Balaban J connectivity index is 1.45. The highest BCUT2D eigenvalue weighted by Gasteiger charge is 2.24. The molecule has 3 rings (SSSR count). The van der Waals surface area contributed by atoms with Gasteiger partial charge in [-0.25, -0.2) is 0 Å². The average molecular weight is 249 g/mol. The topological polar surface area (TPSA) is 41.1 Å². The van der Waals surface area contributed by atoms with Gasteiger partial charge in [-0.15, -0.1) is 0 Å². The standard InChI is InChI=1S/C14H23N3O/c1-2-12(11-18-9-1)10-17-7-4-13(5-8-17)14-3-6-15-16-14/h3,6,12-13H,1-2,4-5,7-11H2,(H,15,16)/t12-/m1/s1. The lowest BCUT2D eigenvalue weighted by Crippen LogP contribution is -2.38. The molecular weight excluding hydrogens is 226 g/mol. The zero-order valence-electron chi connectivity index (χ0n) is 11.0. The zero-order chi connectivity index (χ0) is 12.2. The Labute approximate surface area is 109 Å². The van der Waals surface area contributed by atoms with Crippen LogP contribution in [0.2, 0.25) is 0 Å². The fourth-order valence-corrected chi connectivity index (χ4v) is 3.24. The third kappa shape index (κ3) is 2.93. The van der Waals surface area contributed by atoms with E-state index in [2.05, 4.69) is 21.2 Å². The first-order valence-corrected chi connectivity index (χ1v) is 7.21. The lowest BCUT2D eigenvalue weighted by Gasteiger charge is -2.34. The smallest absolute Gasteiger partial charge is 0.0506 e. The Bertz CT molecular complexity index is 338. The van der Waals surface area contributed by atoms with Crippen LogP contribution in [0.3, 0.4) is 0 Å². The fraction of sp³-hybridized carbons (Fsp3) is 0.786. The van der Waals surface area contributed by atoms with E-state index in [0.717, 1.165) is 19.1 Å². The van der Waals surface area contributed by atoms with Crippen molar-refractivity contribution in [1.29, 1.82) is 0 Å². The van der Waals surface area contributed by atoms with E-state index in [1.807, 2.05) is 6.20 Å². The maximum atomic E-state index is 5.56. The van der Waals surface area contributed by atoms with E-state index in [1.54, 1.807) is 0 Å². The van der Waals surface area contributed by atoms with Crippen LogP contribution in [0.4, 0.5) is 0 Å². The summed E-state index contributed by atoms with van der Waals surface area (Å²) < 4.78 is 5.56. The molecule has 3 heterocycles. The van der Waals surface area contributed by atoms with E-state index < -0.39 is 0 Å². The molecule has 0 radical (unpaired) electrons. The zero-order valence-corrected chi connectivity index (χ0v) is 11.0. The molecule has 0 amide bonds. The van der Waals surface area contributed by atoms with E-state index in [-0.39, 0.29) is 0 Å². The SMILES string of the molecule is c1cc(C2CCN(C[C@H]3CCCOC3)CC2)[nH]n1. The molecule has 2 fully saturated rings. The largest absolute Gasteiger partial charge is 0.381 e. The van der Waals surface area contributed by atoms with Gasteiger partial charge in [0.15, 0.2) is 0 Å². The Morgan fingerprint density at radius 1 is 1.33 bits per heavy atom. The van der Waals surface area contributed by atoms with Gasteiger partial charge in [0.05, 0.1) is 6.61 Å². The number of ether oxygens (including phenoxy) is 1. The van der Waals surface area contributed by atoms with Crippen LogP contribution in [0.15, 0.2) is 12.3 Å². The summed E-state index contributed by atoms with van der Waals surface area (Å²) in [5.74, 6) is 1.45. The van der Waals surface area contributed by atoms with Crippen molar-refractivity contribution in [2.24, 2.45) is 5.92 Å². The lowest BCUT2D eigenvalue weighted by molar-refractivity contribution is 0.0345. The van der Waals surface area contributed by atoms with Crippen LogP contribution in [0.25, 0.3) is 0 Å². The summed E-state index contributed by atoms with van der Waals surface area (Å²) in [6, 6.07) is 2.12. The Hall–Kier alpha value is -0.870. The van der Waals surface area contributed by atoms with Crippen molar-refractivity contribution >= 4 is 0 Å². The Morgan fingerprint density at radius 3 is 2.89 bits per heavy atom. The number of hydrogen-bond donors (Lipinski definition) is 1. The normalized spacial score (nSPS) is 27.4. The summed E-state index contributed by atoms with van der Waals surface area (Å²) in [6.45, 7) is 5.62. The van der Waals surface area contributed by atoms with E-state index >= 15 is 0 Å². The van der Waals surface area contributed by atoms with Crippen molar-refractivity contribution in [3.8, 4) is 0 Å². The molecule has 1 N–H and O–H groups in total. The highest BCUT2D eigenvalue weighted by atomic mass is 16.5. The minimum Gasteiger partial charge on any atom is -0.381 e. The van der Waals surface area contributed by atoms with Crippen LogP contribution < -0.4 is 0 Å². The molecule has 0 aromatic carbocycles. The number of nitrogens with one attached hydrogen (secondary N) is 1. The van der Waals surface area contributed by atoms with Crippen LogP contribution >= 0.6 is 0 Å². The molecule has 100 valence electrons. The van der Waals surface area contributed by atoms with E-state index in [4.69, 9.17) is 4.74 Å². The van der Waals surface area contributed by atoms with E-state index in [0.29, 0.717) is 5.92 Å². The van der Waals surface area contributed by atoms with Gasteiger partial charge in [-0.3, -0.25) is 5.10 Å². The minimum absolute atomic E-state index is 0.686. The molecule has 1 aromatic heterocycles. The second-order valence-corrected chi connectivity index (χ2v) is 5.67. The van der Waals surface area contributed by atoms with Gasteiger partial charge in [-0.1, -0.05) is 0 Å². The number of H-pyrrole nitrogens is 1. The number of aromatic nitrogens is 2. The second kappa shape index (κ2) is 5.85. The molecule has 18 heavy (non-hydrogen) atoms. The molecular formula is C14H23N3O. The molecule has 1 atom stereocenters. The van der Waals surface area contributed by atoms with Gasteiger partial charge in [0.25, 0.3) is 0 Å². The fourth-order valence-electron chi connectivity index (χ4n) is 3.24. The minimum atomic E-state index is 0.686. The molecule has 4 heteroatoms. The third-order valence-corrected chi connectivity index (χ3v) is 4.32. The molecule has 0 unspecified atom stereocenters. The monoisotopic (exact) mass is 249 g/mol. The number of hydrogen-bond acceptors (Lipinski definition) is 3. The molecule has 2 aliphatic heterocycles. The van der Waals surface area contributed by atoms with Crippen LogP contribution in [-0.2, 0) is 4.74 Å². The predicted octanol–water partition coefficient (Wildman–Crippen LogP) is 2.02. The molecule has 0 saturated carbocycles. The maximum Gasteiger partial charge on any atom is 0.0506 e. The first-order valence-electron chi connectivity index (χ1n) is 7.21. The molecule has 0 spiro atoms. The van der Waals surface area contributed by atoms with Crippen LogP contribution in [0.1, 0.15) is 37.3 Å². The first-order chi connectivity index (χ1) is 8.92. The van der Waals surface area contributed by atoms with Gasteiger partial charge in [-0.2, -0.15) is 5.10 Å². The van der Waals surface area contributed by atoms with Gasteiger partial charge in [0, 0.05) is 31.0 Å². The number of piperidine rings is 1. The summed E-state index contributed by atoms with van der Waals surface area (Å²) in [5, 5.41) is 7.17. The van der Waals surface area contributed by atoms with Crippen LogP contribution in [-0.4, -0.2) is 47.9 Å². The molecule has 4 nitrogen and oxygen atoms in total. The molecule has 2 aliphatic rings. The van der Waals surface area contributed by atoms with Gasteiger partial charge < -0.3 is 9.64 Å². The molecule has 1 aromatic rings. The van der Waals surface area contributed by atoms with Crippen molar-refractivity contribution in [2.45, 2.75) is 31.6 Å². The van der Waals surface area contributed by atoms with Gasteiger partial charge in [0.2, 0.25) is 0 Å². The molecule has 2 saturated heterocycles. The maximum absolute atomic E-state index is 5.56. The average Bonchev–Trinajstić information content (AvgIpc) is 2.95. The highest BCUT2D eigenvalue weighted by molar-refractivity contribution is 5.06. The summed E-state index contributed by atoms with van der Waals surface area (Å²) >= 11 is 0. The third-order valence-electron chi connectivity index (χ3n) is 4.32.